The second kappa shape index (κ2) is 13.0. The van der Waals surface area contributed by atoms with Gasteiger partial charge < -0.3 is 0 Å². The Morgan fingerprint density at radius 1 is 0.600 bits per heavy atom. The summed E-state index contributed by atoms with van der Waals surface area (Å²) < 4.78 is 0. The Labute approximate surface area is 159 Å². The molecule has 0 heteroatoms. The van der Waals surface area contributed by atoms with Crippen LogP contribution in [0.3, 0.4) is 0 Å². The van der Waals surface area contributed by atoms with Gasteiger partial charge in [0.25, 0.3) is 0 Å². The fraction of sp³-hybridized carbons (Fsp3) is 0.920. The van der Waals surface area contributed by atoms with Crippen LogP contribution in [-0.2, 0) is 0 Å². The van der Waals surface area contributed by atoms with Crippen molar-refractivity contribution in [2.75, 3.05) is 0 Å². The van der Waals surface area contributed by atoms with Gasteiger partial charge in [-0.15, -0.1) is 0 Å². The van der Waals surface area contributed by atoms with Crippen LogP contribution in [0.4, 0.5) is 0 Å². The lowest BCUT2D eigenvalue weighted by Crippen LogP contribution is -2.15. The Hall–Kier alpha value is -0.260. The van der Waals surface area contributed by atoms with Crippen LogP contribution in [0.2, 0.25) is 0 Å². The minimum atomic E-state index is 1.04. The maximum Gasteiger partial charge on any atom is -0.0348 e. The molecule has 146 valence electrons. The van der Waals surface area contributed by atoms with Gasteiger partial charge in [-0.25, -0.2) is 0 Å². The molecule has 0 heterocycles. The van der Waals surface area contributed by atoms with Crippen molar-refractivity contribution in [2.45, 2.75) is 123 Å². The molecule has 2 aliphatic rings. The first-order valence-corrected chi connectivity index (χ1v) is 11.9. The molecule has 0 aromatic rings. The normalized spacial score (nSPS) is 30.8. The largest absolute Gasteiger partial charge is 0.0917 e. The molecule has 2 saturated carbocycles. The summed E-state index contributed by atoms with van der Waals surface area (Å²) in [7, 11) is 0. The van der Waals surface area contributed by atoms with Crippen molar-refractivity contribution >= 4 is 0 Å². The van der Waals surface area contributed by atoms with E-state index >= 15 is 0 Å². The van der Waals surface area contributed by atoms with Gasteiger partial charge >= 0.3 is 0 Å². The van der Waals surface area contributed by atoms with E-state index in [0.717, 1.165) is 23.7 Å². The summed E-state index contributed by atoms with van der Waals surface area (Å²) in [5, 5.41) is 0. The van der Waals surface area contributed by atoms with E-state index in [9.17, 15) is 0 Å². The highest BCUT2D eigenvalue weighted by atomic mass is 14.3. The molecule has 0 radical (unpaired) electrons. The number of allylic oxidation sites excluding steroid dienone is 2. The van der Waals surface area contributed by atoms with Gasteiger partial charge in [-0.05, 0) is 43.4 Å². The van der Waals surface area contributed by atoms with Gasteiger partial charge in [0, 0.05) is 0 Å². The van der Waals surface area contributed by atoms with Crippen LogP contribution in [0, 0.1) is 23.7 Å². The topological polar surface area (TPSA) is 0 Å². The van der Waals surface area contributed by atoms with E-state index in [1.54, 1.807) is 32.1 Å². The third-order valence-electron chi connectivity index (χ3n) is 7.35. The van der Waals surface area contributed by atoms with E-state index < -0.39 is 0 Å². The van der Waals surface area contributed by atoms with E-state index in [-0.39, 0.29) is 0 Å². The average molecular weight is 347 g/mol. The quantitative estimate of drug-likeness (QED) is 0.259. The molecule has 0 N–H and O–H groups in total. The molecule has 0 aliphatic heterocycles. The van der Waals surface area contributed by atoms with Crippen molar-refractivity contribution in [3.63, 3.8) is 0 Å². The molecule has 0 aromatic heterocycles. The van der Waals surface area contributed by atoms with Gasteiger partial charge in [-0.3, -0.25) is 0 Å². The first-order valence-electron chi connectivity index (χ1n) is 11.9. The standard InChI is InChI=1S/C25H46/c1-3-5-7-11-23-18-20-25(21-19-23)13-9-8-12-24-16-14-22(15-17-24)10-6-4-2/h3,5,22-25H,4,6-21H2,1-2H3/b5-3+. The number of rotatable bonds is 11. The van der Waals surface area contributed by atoms with E-state index in [2.05, 4.69) is 26.0 Å². The Morgan fingerprint density at radius 3 is 1.40 bits per heavy atom. The van der Waals surface area contributed by atoms with Crippen LogP contribution in [0.5, 0.6) is 0 Å². The molecule has 2 aliphatic carbocycles. The zero-order chi connectivity index (χ0) is 17.7. The van der Waals surface area contributed by atoms with Crippen molar-refractivity contribution in [1.29, 1.82) is 0 Å². The molecule has 0 aromatic carbocycles. The van der Waals surface area contributed by atoms with Crippen LogP contribution in [0.15, 0.2) is 12.2 Å². The summed E-state index contributed by atoms with van der Waals surface area (Å²) >= 11 is 0. The molecular weight excluding hydrogens is 300 g/mol. The molecule has 2 fully saturated rings. The van der Waals surface area contributed by atoms with Crippen molar-refractivity contribution in [2.24, 2.45) is 23.7 Å². The van der Waals surface area contributed by atoms with Crippen LogP contribution >= 0.6 is 0 Å². The zero-order valence-corrected chi connectivity index (χ0v) is 17.5. The first kappa shape index (κ1) is 21.0. The first-order chi connectivity index (χ1) is 12.3. The molecule has 2 rings (SSSR count). The maximum atomic E-state index is 2.35. The SMILES string of the molecule is C/C=C/CCC1CCC(CCCCC2CCC(CCCC)CC2)CC1. The summed E-state index contributed by atoms with van der Waals surface area (Å²) in [5.74, 6) is 4.28. The van der Waals surface area contributed by atoms with Crippen LogP contribution in [-0.4, -0.2) is 0 Å². The molecule has 0 unspecified atom stereocenters. The molecule has 0 nitrogen and oxygen atoms in total. The summed E-state index contributed by atoms with van der Waals surface area (Å²) in [6, 6.07) is 0. The van der Waals surface area contributed by atoms with Crippen molar-refractivity contribution < 1.29 is 0 Å². The second-order valence-corrected chi connectivity index (χ2v) is 9.35. The van der Waals surface area contributed by atoms with Crippen LogP contribution in [0.1, 0.15) is 123 Å². The monoisotopic (exact) mass is 346 g/mol. The maximum absolute atomic E-state index is 2.35. The number of hydrogen-bond donors (Lipinski definition) is 0. The lowest BCUT2D eigenvalue weighted by molar-refractivity contribution is 0.232. The van der Waals surface area contributed by atoms with Gasteiger partial charge in [0.15, 0.2) is 0 Å². The summed E-state index contributed by atoms with van der Waals surface area (Å²) in [5.41, 5.74) is 0. The van der Waals surface area contributed by atoms with Gasteiger partial charge in [0.05, 0.1) is 0 Å². The highest BCUT2D eigenvalue weighted by Gasteiger charge is 2.22. The van der Waals surface area contributed by atoms with Gasteiger partial charge in [-0.2, -0.15) is 0 Å². The van der Waals surface area contributed by atoms with Crippen LogP contribution < -0.4 is 0 Å². The molecule has 0 saturated heterocycles. The highest BCUT2D eigenvalue weighted by molar-refractivity contribution is 4.80. The van der Waals surface area contributed by atoms with E-state index in [1.165, 1.54) is 77.0 Å². The van der Waals surface area contributed by atoms with Crippen molar-refractivity contribution in [3.05, 3.63) is 12.2 Å². The molecular formula is C25H46. The second-order valence-electron chi connectivity index (χ2n) is 9.35. The predicted octanol–water partition coefficient (Wildman–Crippen LogP) is 8.71. The molecule has 0 amide bonds. The molecule has 0 atom stereocenters. The summed E-state index contributed by atoms with van der Waals surface area (Å²) in [6.07, 6.45) is 30.1. The van der Waals surface area contributed by atoms with E-state index in [4.69, 9.17) is 0 Å². The third kappa shape index (κ3) is 8.78. The van der Waals surface area contributed by atoms with Crippen LogP contribution in [0.25, 0.3) is 0 Å². The van der Waals surface area contributed by atoms with Crippen molar-refractivity contribution in [1.82, 2.24) is 0 Å². The van der Waals surface area contributed by atoms with E-state index in [0.29, 0.717) is 0 Å². The lowest BCUT2D eigenvalue weighted by atomic mass is 9.76. The molecule has 0 bridgehead atoms. The average Bonchev–Trinajstić information content (AvgIpc) is 2.66. The summed E-state index contributed by atoms with van der Waals surface area (Å²) in [6.45, 7) is 4.48. The Kier molecular flexibility index (Phi) is 10.9. The Morgan fingerprint density at radius 2 is 1.00 bits per heavy atom. The Balaban J connectivity index is 1.45. The van der Waals surface area contributed by atoms with Gasteiger partial charge in [0.1, 0.15) is 0 Å². The summed E-state index contributed by atoms with van der Waals surface area (Å²) in [4.78, 5) is 0. The lowest BCUT2D eigenvalue weighted by Gasteiger charge is -2.29. The van der Waals surface area contributed by atoms with Crippen molar-refractivity contribution in [3.8, 4) is 0 Å². The molecule has 0 spiro atoms. The van der Waals surface area contributed by atoms with Gasteiger partial charge in [0.2, 0.25) is 0 Å². The minimum absolute atomic E-state index is 1.04. The Bertz CT molecular complexity index is 326. The fourth-order valence-corrected chi connectivity index (χ4v) is 5.48. The predicted molar refractivity (Wildman–Crippen MR) is 113 cm³/mol. The van der Waals surface area contributed by atoms with Gasteiger partial charge in [-0.1, -0.05) is 115 Å². The third-order valence-corrected chi connectivity index (χ3v) is 7.35. The number of unbranched alkanes of at least 4 members (excludes halogenated alkanes) is 2. The zero-order valence-electron chi connectivity index (χ0n) is 17.5. The highest BCUT2D eigenvalue weighted by Crippen LogP contribution is 2.36. The fourth-order valence-electron chi connectivity index (χ4n) is 5.48. The smallest absolute Gasteiger partial charge is 0.0348 e. The molecule has 25 heavy (non-hydrogen) atoms. The minimum Gasteiger partial charge on any atom is -0.0917 e. The van der Waals surface area contributed by atoms with E-state index in [1.807, 2.05) is 0 Å². The number of hydrogen-bond acceptors (Lipinski definition) is 0.